The molecule has 0 spiro atoms. The van der Waals surface area contributed by atoms with Gasteiger partial charge in [-0.3, -0.25) is 0 Å². The van der Waals surface area contributed by atoms with Crippen molar-refractivity contribution in [3.8, 4) is 0 Å². The first-order valence-electron chi connectivity index (χ1n) is 6.20. The average molecular weight is 236 g/mol. The van der Waals surface area contributed by atoms with Crippen LogP contribution < -0.4 is 0 Å². The molecule has 0 aliphatic rings. The molecule has 18 heavy (non-hydrogen) atoms. The van der Waals surface area contributed by atoms with Crippen LogP contribution in [0.1, 0.15) is 17.0 Å². The monoisotopic (exact) mass is 236 g/mol. The van der Waals surface area contributed by atoms with E-state index in [1.165, 1.54) is 16.6 Å². The Morgan fingerprint density at radius 2 is 1.83 bits per heavy atom. The van der Waals surface area contributed by atoms with E-state index < -0.39 is 0 Å². The quantitative estimate of drug-likeness (QED) is 0.666. The molecule has 90 valence electrons. The Labute approximate surface area is 107 Å². The number of hydrogen-bond donors (Lipinski definition) is 0. The third-order valence-corrected chi connectivity index (χ3v) is 3.33. The fourth-order valence-electron chi connectivity index (χ4n) is 2.29. The van der Waals surface area contributed by atoms with Crippen LogP contribution in [0.3, 0.4) is 0 Å². The number of aromatic nitrogens is 2. The summed E-state index contributed by atoms with van der Waals surface area (Å²) in [6.45, 7) is 2.11. The van der Waals surface area contributed by atoms with Crippen molar-refractivity contribution in [2.24, 2.45) is 7.05 Å². The van der Waals surface area contributed by atoms with Crippen molar-refractivity contribution in [3.63, 3.8) is 0 Å². The second-order valence-corrected chi connectivity index (χ2v) is 4.74. The summed E-state index contributed by atoms with van der Waals surface area (Å²) in [4.78, 5) is 4.71. The molecule has 3 aromatic rings. The van der Waals surface area contributed by atoms with Gasteiger partial charge in [-0.25, -0.2) is 4.98 Å². The van der Waals surface area contributed by atoms with Gasteiger partial charge in [-0.1, -0.05) is 36.4 Å². The predicted octanol–water partition coefficient (Wildman–Crippen LogP) is 3.47. The lowest BCUT2D eigenvalue weighted by molar-refractivity contribution is 0.844. The van der Waals surface area contributed by atoms with Crippen LogP contribution in [0.5, 0.6) is 0 Å². The number of benzene rings is 2. The van der Waals surface area contributed by atoms with Crippen molar-refractivity contribution in [1.29, 1.82) is 0 Å². The molecular formula is C16H16N2. The number of hydrogen-bond acceptors (Lipinski definition) is 1. The molecule has 0 aliphatic heterocycles. The van der Waals surface area contributed by atoms with Crippen LogP contribution in [0.4, 0.5) is 0 Å². The highest BCUT2D eigenvalue weighted by molar-refractivity contribution is 5.76. The molecule has 0 amide bonds. The van der Waals surface area contributed by atoms with Gasteiger partial charge in [-0.05, 0) is 30.2 Å². The van der Waals surface area contributed by atoms with Crippen LogP contribution in [-0.4, -0.2) is 9.55 Å². The first-order valence-corrected chi connectivity index (χ1v) is 6.20. The number of fused-ring (bicyclic) bond motifs is 1. The molecule has 2 nitrogen and oxygen atoms in total. The molecule has 1 heterocycles. The zero-order chi connectivity index (χ0) is 12.5. The van der Waals surface area contributed by atoms with Gasteiger partial charge in [0.25, 0.3) is 0 Å². The van der Waals surface area contributed by atoms with E-state index in [0.717, 1.165) is 17.8 Å². The minimum absolute atomic E-state index is 0.880. The van der Waals surface area contributed by atoms with Crippen molar-refractivity contribution in [2.75, 3.05) is 0 Å². The topological polar surface area (TPSA) is 17.8 Å². The molecule has 0 atom stereocenters. The Morgan fingerprint density at radius 1 is 1.06 bits per heavy atom. The summed E-state index contributed by atoms with van der Waals surface area (Å²) < 4.78 is 2.19. The zero-order valence-corrected chi connectivity index (χ0v) is 10.7. The molecule has 2 aromatic carbocycles. The molecule has 0 radical (unpaired) electrons. The van der Waals surface area contributed by atoms with Gasteiger partial charge in [0, 0.05) is 13.5 Å². The highest BCUT2D eigenvalue weighted by Gasteiger charge is 2.08. The van der Waals surface area contributed by atoms with E-state index in [2.05, 4.69) is 61.0 Å². The van der Waals surface area contributed by atoms with Crippen LogP contribution in [0.2, 0.25) is 0 Å². The fourth-order valence-corrected chi connectivity index (χ4v) is 2.29. The summed E-state index contributed by atoms with van der Waals surface area (Å²) in [5, 5.41) is 0. The molecule has 0 saturated carbocycles. The van der Waals surface area contributed by atoms with Crippen LogP contribution >= 0.6 is 0 Å². The lowest BCUT2D eigenvalue weighted by atomic mass is 10.1. The van der Waals surface area contributed by atoms with Crippen molar-refractivity contribution < 1.29 is 0 Å². The third-order valence-electron chi connectivity index (χ3n) is 3.33. The van der Waals surface area contributed by atoms with Gasteiger partial charge in [0.15, 0.2) is 0 Å². The van der Waals surface area contributed by atoms with Crippen molar-refractivity contribution in [2.45, 2.75) is 13.3 Å². The van der Waals surface area contributed by atoms with Gasteiger partial charge in [-0.2, -0.15) is 0 Å². The van der Waals surface area contributed by atoms with Gasteiger partial charge in [-0.15, -0.1) is 0 Å². The average Bonchev–Trinajstić information content (AvgIpc) is 2.68. The Morgan fingerprint density at radius 3 is 2.61 bits per heavy atom. The molecule has 0 unspecified atom stereocenters. The van der Waals surface area contributed by atoms with Gasteiger partial charge >= 0.3 is 0 Å². The first-order chi connectivity index (χ1) is 8.74. The summed E-state index contributed by atoms with van der Waals surface area (Å²) in [6, 6.07) is 16.9. The Kier molecular flexibility index (Phi) is 2.63. The molecule has 2 heteroatoms. The predicted molar refractivity (Wildman–Crippen MR) is 74.7 cm³/mol. The summed E-state index contributed by atoms with van der Waals surface area (Å²) in [5.74, 6) is 1.11. The summed E-state index contributed by atoms with van der Waals surface area (Å²) in [6.07, 6.45) is 0.880. The van der Waals surface area contributed by atoms with Crippen molar-refractivity contribution in [3.05, 3.63) is 65.5 Å². The van der Waals surface area contributed by atoms with Crippen molar-refractivity contribution in [1.82, 2.24) is 9.55 Å². The van der Waals surface area contributed by atoms with E-state index in [4.69, 9.17) is 4.98 Å². The van der Waals surface area contributed by atoms with Crippen LogP contribution in [0.15, 0.2) is 48.5 Å². The van der Waals surface area contributed by atoms with E-state index in [9.17, 15) is 0 Å². The number of imidazole rings is 1. The molecule has 0 saturated heterocycles. The highest BCUT2D eigenvalue weighted by Crippen LogP contribution is 2.18. The maximum atomic E-state index is 4.71. The summed E-state index contributed by atoms with van der Waals surface area (Å²) >= 11 is 0. The van der Waals surface area contributed by atoms with Gasteiger partial charge in [0.05, 0.1) is 11.0 Å². The molecule has 0 fully saturated rings. The zero-order valence-electron chi connectivity index (χ0n) is 10.7. The Hall–Kier alpha value is -2.09. The van der Waals surface area contributed by atoms with Crippen LogP contribution in [0, 0.1) is 6.92 Å². The Bertz CT molecular complexity index is 681. The highest BCUT2D eigenvalue weighted by atomic mass is 15.1. The van der Waals surface area contributed by atoms with Gasteiger partial charge < -0.3 is 4.57 Å². The second-order valence-electron chi connectivity index (χ2n) is 4.74. The fraction of sp³-hybridized carbons (Fsp3) is 0.188. The van der Waals surface area contributed by atoms with Crippen LogP contribution in [-0.2, 0) is 13.5 Å². The molecule has 0 bridgehead atoms. The second kappa shape index (κ2) is 4.30. The summed E-state index contributed by atoms with van der Waals surface area (Å²) in [5.41, 5.74) is 4.86. The van der Waals surface area contributed by atoms with E-state index in [0.29, 0.717) is 0 Å². The molecule has 3 rings (SSSR count). The molecule has 0 N–H and O–H groups in total. The summed E-state index contributed by atoms with van der Waals surface area (Å²) in [7, 11) is 2.09. The number of nitrogens with zero attached hydrogens (tertiary/aromatic N) is 2. The van der Waals surface area contributed by atoms with E-state index in [-0.39, 0.29) is 0 Å². The minimum atomic E-state index is 0.880. The van der Waals surface area contributed by atoms with Crippen LogP contribution in [0.25, 0.3) is 11.0 Å². The lowest BCUT2D eigenvalue weighted by Gasteiger charge is -2.02. The minimum Gasteiger partial charge on any atom is -0.331 e. The smallest absolute Gasteiger partial charge is 0.114 e. The van der Waals surface area contributed by atoms with Crippen molar-refractivity contribution >= 4 is 11.0 Å². The maximum Gasteiger partial charge on any atom is 0.114 e. The third kappa shape index (κ3) is 1.90. The van der Waals surface area contributed by atoms with Gasteiger partial charge in [0.2, 0.25) is 0 Å². The lowest BCUT2D eigenvalue weighted by Crippen LogP contribution is -1.98. The molecule has 1 aromatic heterocycles. The van der Waals surface area contributed by atoms with E-state index in [1.54, 1.807) is 0 Å². The molecule has 0 aliphatic carbocycles. The number of aryl methyl sites for hydroxylation is 2. The van der Waals surface area contributed by atoms with E-state index in [1.807, 2.05) is 6.07 Å². The van der Waals surface area contributed by atoms with Gasteiger partial charge in [0.1, 0.15) is 5.82 Å². The standard InChI is InChI=1S/C16H16N2/c1-12-8-9-14-15(10-12)18(2)16(17-14)11-13-6-4-3-5-7-13/h3-10H,11H2,1-2H3. The first kappa shape index (κ1) is 11.0. The Balaban J connectivity index is 2.05. The van der Waals surface area contributed by atoms with E-state index >= 15 is 0 Å². The molecular weight excluding hydrogens is 220 g/mol. The SMILES string of the molecule is Cc1ccc2nc(Cc3ccccc3)n(C)c2c1. The maximum absolute atomic E-state index is 4.71. The normalized spacial score (nSPS) is 11.0. The largest absolute Gasteiger partial charge is 0.331 e. The number of rotatable bonds is 2.